The third-order valence-corrected chi connectivity index (χ3v) is 3.40. The van der Waals surface area contributed by atoms with E-state index in [1.54, 1.807) is 12.3 Å². The molecule has 0 atom stereocenters. The normalized spacial score (nSPS) is 14.4. The Bertz CT molecular complexity index is 727. The molecule has 2 aromatic rings. The minimum absolute atomic E-state index is 0.0883. The highest BCUT2D eigenvalue weighted by Crippen LogP contribution is 2.30. The smallest absolute Gasteiger partial charge is 0.381 e. The van der Waals surface area contributed by atoms with Gasteiger partial charge in [-0.1, -0.05) is 6.07 Å². The molecule has 1 aromatic heterocycles. The third-order valence-electron chi connectivity index (χ3n) is 3.40. The number of benzene rings is 1. The minimum Gasteiger partial charge on any atom is -0.381 e. The van der Waals surface area contributed by atoms with Crippen LogP contribution in [0.4, 0.5) is 24.5 Å². The van der Waals surface area contributed by atoms with Gasteiger partial charge in [-0.15, -0.1) is 0 Å². The van der Waals surface area contributed by atoms with Crippen LogP contribution in [0.3, 0.4) is 0 Å². The van der Waals surface area contributed by atoms with Crippen LogP contribution in [0.5, 0.6) is 0 Å². The highest BCUT2D eigenvalue weighted by molar-refractivity contribution is 6.04. The summed E-state index contributed by atoms with van der Waals surface area (Å²) in [6.45, 7) is 0. The topological polar surface area (TPSA) is 54.0 Å². The van der Waals surface area contributed by atoms with Crippen LogP contribution < -0.4 is 10.6 Å². The standard InChI is InChI=1S/C16H14F3N3O/c17-16(18,19)11-2-1-3-13(7-11)22-15(23)10-6-14(9-20-8-10)21-12-4-5-12/h1-3,6-9,12,21H,4-5H2,(H,22,23). The van der Waals surface area contributed by atoms with E-state index in [9.17, 15) is 18.0 Å². The first-order valence-corrected chi connectivity index (χ1v) is 7.12. The first-order chi connectivity index (χ1) is 10.9. The predicted octanol–water partition coefficient (Wildman–Crippen LogP) is 3.93. The number of amides is 1. The molecule has 4 nitrogen and oxygen atoms in total. The van der Waals surface area contributed by atoms with E-state index in [0.717, 1.165) is 30.7 Å². The molecule has 1 heterocycles. The molecule has 0 radical (unpaired) electrons. The molecule has 0 unspecified atom stereocenters. The highest BCUT2D eigenvalue weighted by atomic mass is 19.4. The Kier molecular flexibility index (Phi) is 3.94. The monoisotopic (exact) mass is 321 g/mol. The number of pyridine rings is 1. The van der Waals surface area contributed by atoms with Crippen LogP contribution >= 0.6 is 0 Å². The van der Waals surface area contributed by atoms with Gasteiger partial charge in [-0.05, 0) is 37.1 Å². The van der Waals surface area contributed by atoms with Crippen LogP contribution in [-0.2, 0) is 6.18 Å². The second-order valence-corrected chi connectivity index (χ2v) is 5.41. The average Bonchev–Trinajstić information content (AvgIpc) is 3.31. The number of alkyl halides is 3. The summed E-state index contributed by atoms with van der Waals surface area (Å²) in [5.41, 5.74) is 0.292. The van der Waals surface area contributed by atoms with Crippen molar-refractivity contribution in [2.45, 2.75) is 25.1 Å². The van der Waals surface area contributed by atoms with Gasteiger partial charge < -0.3 is 10.6 Å². The van der Waals surface area contributed by atoms with Crippen molar-refractivity contribution in [1.82, 2.24) is 4.98 Å². The highest BCUT2D eigenvalue weighted by Gasteiger charge is 2.30. The van der Waals surface area contributed by atoms with Crippen LogP contribution in [-0.4, -0.2) is 16.9 Å². The molecule has 7 heteroatoms. The van der Waals surface area contributed by atoms with Crippen molar-refractivity contribution in [2.24, 2.45) is 0 Å². The molecule has 1 saturated carbocycles. The number of rotatable bonds is 4. The largest absolute Gasteiger partial charge is 0.416 e. The molecule has 0 spiro atoms. The van der Waals surface area contributed by atoms with Crippen molar-refractivity contribution in [2.75, 3.05) is 10.6 Å². The number of hydrogen-bond acceptors (Lipinski definition) is 3. The lowest BCUT2D eigenvalue weighted by Crippen LogP contribution is -2.14. The molecule has 1 amide bonds. The molecule has 1 aromatic carbocycles. The molecule has 1 aliphatic carbocycles. The number of halogens is 3. The maximum atomic E-state index is 12.7. The second kappa shape index (κ2) is 5.91. The van der Waals surface area contributed by atoms with Gasteiger partial charge in [0.05, 0.1) is 16.8 Å². The quantitative estimate of drug-likeness (QED) is 0.897. The molecule has 1 fully saturated rings. The van der Waals surface area contributed by atoms with Crippen molar-refractivity contribution < 1.29 is 18.0 Å². The summed E-state index contributed by atoms with van der Waals surface area (Å²) in [5.74, 6) is -0.503. The fourth-order valence-electron chi connectivity index (χ4n) is 2.08. The van der Waals surface area contributed by atoms with Crippen LogP contribution in [0.2, 0.25) is 0 Å². The number of anilines is 2. The molecule has 0 aliphatic heterocycles. The number of carbonyl (C=O) groups excluding carboxylic acids is 1. The van der Waals surface area contributed by atoms with Crippen molar-refractivity contribution in [3.05, 3.63) is 53.9 Å². The number of nitrogens with one attached hydrogen (secondary N) is 2. The number of carbonyl (C=O) groups is 1. The molecule has 2 N–H and O–H groups in total. The van der Waals surface area contributed by atoms with Crippen LogP contribution in [0.15, 0.2) is 42.7 Å². The summed E-state index contributed by atoms with van der Waals surface area (Å²) in [7, 11) is 0. The number of hydrogen-bond donors (Lipinski definition) is 2. The summed E-state index contributed by atoms with van der Waals surface area (Å²) in [6.07, 6.45) is 0.706. The van der Waals surface area contributed by atoms with Crippen molar-refractivity contribution >= 4 is 17.3 Å². The van der Waals surface area contributed by atoms with Gasteiger partial charge in [0.2, 0.25) is 0 Å². The van der Waals surface area contributed by atoms with Crippen molar-refractivity contribution in [3.63, 3.8) is 0 Å². The Hall–Kier alpha value is -2.57. The van der Waals surface area contributed by atoms with E-state index in [0.29, 0.717) is 6.04 Å². The Balaban J connectivity index is 1.73. The first kappa shape index (κ1) is 15.3. The van der Waals surface area contributed by atoms with Crippen LogP contribution in [0.1, 0.15) is 28.8 Å². The summed E-state index contributed by atoms with van der Waals surface area (Å²) < 4.78 is 38.0. The lowest BCUT2D eigenvalue weighted by Gasteiger charge is -2.10. The van der Waals surface area contributed by atoms with E-state index >= 15 is 0 Å². The zero-order valence-corrected chi connectivity index (χ0v) is 12.0. The van der Waals surface area contributed by atoms with Gasteiger partial charge >= 0.3 is 6.18 Å². The van der Waals surface area contributed by atoms with E-state index in [-0.39, 0.29) is 11.3 Å². The average molecular weight is 321 g/mol. The number of nitrogens with zero attached hydrogens (tertiary/aromatic N) is 1. The van der Waals surface area contributed by atoms with Crippen LogP contribution in [0.25, 0.3) is 0 Å². The summed E-state index contributed by atoms with van der Waals surface area (Å²) in [6, 6.07) is 6.57. The van der Waals surface area contributed by atoms with E-state index in [1.807, 2.05) is 0 Å². The van der Waals surface area contributed by atoms with Gasteiger partial charge in [0, 0.05) is 24.1 Å². The van der Waals surface area contributed by atoms with Gasteiger partial charge in [-0.3, -0.25) is 9.78 Å². The molecule has 0 bridgehead atoms. The predicted molar refractivity (Wildman–Crippen MR) is 80.3 cm³/mol. The zero-order chi connectivity index (χ0) is 16.4. The molecular weight excluding hydrogens is 307 g/mol. The van der Waals surface area contributed by atoms with Gasteiger partial charge in [0.25, 0.3) is 5.91 Å². The molecule has 3 rings (SSSR count). The fraction of sp³-hybridized carbons (Fsp3) is 0.250. The molecule has 120 valence electrons. The van der Waals surface area contributed by atoms with Gasteiger partial charge in [-0.25, -0.2) is 0 Å². The molecule has 0 saturated heterocycles. The summed E-state index contributed by atoms with van der Waals surface area (Å²) in [4.78, 5) is 16.2. The van der Waals surface area contributed by atoms with E-state index in [4.69, 9.17) is 0 Å². The van der Waals surface area contributed by atoms with Crippen molar-refractivity contribution in [3.8, 4) is 0 Å². The lowest BCUT2D eigenvalue weighted by molar-refractivity contribution is -0.137. The summed E-state index contributed by atoms with van der Waals surface area (Å²) >= 11 is 0. The minimum atomic E-state index is -4.45. The molecule has 23 heavy (non-hydrogen) atoms. The van der Waals surface area contributed by atoms with Crippen molar-refractivity contribution in [1.29, 1.82) is 0 Å². The maximum Gasteiger partial charge on any atom is 0.416 e. The Morgan fingerprint density at radius 1 is 1.13 bits per heavy atom. The number of aromatic nitrogens is 1. The van der Waals surface area contributed by atoms with Crippen LogP contribution in [0, 0.1) is 0 Å². The van der Waals surface area contributed by atoms with E-state index < -0.39 is 17.6 Å². The Morgan fingerprint density at radius 2 is 1.91 bits per heavy atom. The van der Waals surface area contributed by atoms with E-state index in [2.05, 4.69) is 15.6 Å². The third kappa shape index (κ3) is 4.00. The van der Waals surface area contributed by atoms with Gasteiger partial charge in [0.1, 0.15) is 0 Å². The Labute approximate surface area is 130 Å². The SMILES string of the molecule is O=C(Nc1cccc(C(F)(F)F)c1)c1cncc(NC2CC2)c1. The Morgan fingerprint density at radius 3 is 2.61 bits per heavy atom. The zero-order valence-electron chi connectivity index (χ0n) is 12.0. The lowest BCUT2D eigenvalue weighted by atomic mass is 10.2. The molecular formula is C16H14F3N3O. The first-order valence-electron chi connectivity index (χ1n) is 7.12. The molecule has 1 aliphatic rings. The van der Waals surface area contributed by atoms with Gasteiger partial charge in [0.15, 0.2) is 0 Å². The van der Waals surface area contributed by atoms with Gasteiger partial charge in [-0.2, -0.15) is 13.2 Å². The summed E-state index contributed by atoms with van der Waals surface area (Å²) in [5, 5.41) is 5.67. The van der Waals surface area contributed by atoms with E-state index in [1.165, 1.54) is 18.3 Å². The fourth-order valence-corrected chi connectivity index (χ4v) is 2.08. The second-order valence-electron chi connectivity index (χ2n) is 5.41. The maximum absolute atomic E-state index is 12.7.